The van der Waals surface area contributed by atoms with Crippen LogP contribution in [0.15, 0.2) is 0 Å². The van der Waals surface area contributed by atoms with Gasteiger partial charge in [-0.3, -0.25) is 4.89 Å². The van der Waals surface area contributed by atoms with E-state index in [1.807, 2.05) is 0 Å². The molecule has 0 aliphatic carbocycles. The van der Waals surface area contributed by atoms with Crippen LogP contribution in [0.3, 0.4) is 0 Å². The van der Waals surface area contributed by atoms with Crippen LogP contribution in [-0.4, -0.2) is 19.9 Å². The van der Waals surface area contributed by atoms with E-state index in [9.17, 15) is 4.79 Å². The van der Waals surface area contributed by atoms with Crippen LogP contribution in [-0.2, 0) is 19.3 Å². The van der Waals surface area contributed by atoms with E-state index in [4.69, 9.17) is 0 Å². The van der Waals surface area contributed by atoms with Gasteiger partial charge in [0.25, 0.3) is 0 Å². The number of carbonyl (C=O) groups is 1. The summed E-state index contributed by atoms with van der Waals surface area (Å²) in [5, 5.41) is 0. The summed E-state index contributed by atoms with van der Waals surface area (Å²) in [6, 6.07) is 0. The maximum atomic E-state index is 10.3. The van der Waals surface area contributed by atoms with E-state index in [1.165, 1.54) is 7.11 Å². The van der Waals surface area contributed by atoms with Crippen molar-refractivity contribution >= 4 is 5.97 Å². The number of methoxy groups -OCH3 is 1. The first kappa shape index (κ1) is 8.39. The van der Waals surface area contributed by atoms with E-state index in [2.05, 4.69) is 14.5 Å². The summed E-state index contributed by atoms with van der Waals surface area (Å²) >= 11 is 0. The molecule has 0 aromatic rings. The van der Waals surface area contributed by atoms with Gasteiger partial charge in [-0.1, -0.05) is 6.92 Å². The van der Waals surface area contributed by atoms with Crippen molar-refractivity contribution in [2.45, 2.75) is 13.3 Å². The van der Waals surface area contributed by atoms with Gasteiger partial charge in [0, 0.05) is 13.5 Å². The third-order valence-electron chi connectivity index (χ3n) is 0.607. The minimum atomic E-state index is -0.396. The number of hydrogen-bond acceptors (Lipinski definition) is 4. The second-order valence-corrected chi connectivity index (χ2v) is 1.33. The van der Waals surface area contributed by atoms with Gasteiger partial charge in [0.05, 0.1) is 0 Å². The first-order valence-electron chi connectivity index (χ1n) is 2.62. The second kappa shape index (κ2) is 5.53. The van der Waals surface area contributed by atoms with Gasteiger partial charge in [0.15, 0.2) is 6.79 Å². The van der Waals surface area contributed by atoms with Gasteiger partial charge < -0.3 is 4.74 Å². The fraction of sp³-hybridized carbons (Fsp3) is 0.800. The summed E-state index contributed by atoms with van der Waals surface area (Å²) in [6.07, 6.45) is 0.309. The molecule has 0 amide bonds. The molecule has 0 spiro atoms. The van der Waals surface area contributed by atoms with E-state index in [1.54, 1.807) is 6.92 Å². The molecule has 0 fully saturated rings. The third kappa shape index (κ3) is 5.26. The SMILES string of the molecule is CCC(=O)OOCOC. The Bertz CT molecular complexity index is 81.0. The Labute approximate surface area is 53.6 Å². The number of rotatable bonds is 4. The lowest BCUT2D eigenvalue weighted by Crippen LogP contribution is -2.05. The fourth-order valence-corrected chi connectivity index (χ4v) is 0.197. The Balaban J connectivity index is 2.97. The van der Waals surface area contributed by atoms with Crippen molar-refractivity contribution in [2.75, 3.05) is 13.9 Å². The van der Waals surface area contributed by atoms with Crippen molar-refractivity contribution < 1.29 is 19.3 Å². The van der Waals surface area contributed by atoms with Gasteiger partial charge in [-0.25, -0.2) is 4.79 Å². The Morgan fingerprint density at radius 2 is 2.22 bits per heavy atom. The standard InChI is InChI=1S/C5H10O4/c1-3-5(6)9-8-4-7-2/h3-4H2,1-2H3. The van der Waals surface area contributed by atoms with E-state index < -0.39 is 5.97 Å². The van der Waals surface area contributed by atoms with Crippen molar-refractivity contribution in [3.63, 3.8) is 0 Å². The monoisotopic (exact) mass is 134 g/mol. The number of hydrogen-bond donors (Lipinski definition) is 0. The van der Waals surface area contributed by atoms with E-state index in [0.717, 1.165) is 0 Å². The van der Waals surface area contributed by atoms with Crippen LogP contribution in [0.2, 0.25) is 0 Å². The maximum Gasteiger partial charge on any atom is 0.342 e. The molecule has 0 radical (unpaired) electrons. The topological polar surface area (TPSA) is 44.8 Å². The van der Waals surface area contributed by atoms with Crippen molar-refractivity contribution in [3.8, 4) is 0 Å². The van der Waals surface area contributed by atoms with Crippen LogP contribution in [0, 0.1) is 0 Å². The normalized spacial score (nSPS) is 9.11. The first-order chi connectivity index (χ1) is 4.31. The number of ether oxygens (including phenoxy) is 1. The summed E-state index contributed by atoms with van der Waals surface area (Å²) in [4.78, 5) is 18.7. The minimum absolute atomic E-state index is 0.0221. The molecule has 0 aromatic carbocycles. The van der Waals surface area contributed by atoms with Crippen molar-refractivity contribution in [2.24, 2.45) is 0 Å². The Hall–Kier alpha value is -0.610. The average molecular weight is 134 g/mol. The lowest BCUT2D eigenvalue weighted by atomic mass is 10.5. The molecule has 0 atom stereocenters. The van der Waals surface area contributed by atoms with Gasteiger partial charge in [0.1, 0.15) is 0 Å². The van der Waals surface area contributed by atoms with Crippen LogP contribution >= 0.6 is 0 Å². The highest BCUT2D eigenvalue weighted by atomic mass is 17.2. The largest absolute Gasteiger partial charge is 0.355 e. The Morgan fingerprint density at radius 1 is 1.56 bits per heavy atom. The Morgan fingerprint density at radius 3 is 2.67 bits per heavy atom. The van der Waals surface area contributed by atoms with Crippen LogP contribution in [0.5, 0.6) is 0 Å². The highest BCUT2D eigenvalue weighted by Gasteiger charge is 1.96. The molecule has 0 heterocycles. The molecule has 0 aliphatic heterocycles. The summed E-state index contributed by atoms with van der Waals surface area (Å²) in [7, 11) is 1.44. The van der Waals surface area contributed by atoms with E-state index in [0.29, 0.717) is 6.42 Å². The van der Waals surface area contributed by atoms with E-state index in [-0.39, 0.29) is 6.79 Å². The van der Waals surface area contributed by atoms with Gasteiger partial charge in [-0.05, 0) is 0 Å². The van der Waals surface area contributed by atoms with Crippen molar-refractivity contribution in [1.29, 1.82) is 0 Å². The lowest BCUT2D eigenvalue weighted by Gasteiger charge is -1.98. The molecule has 0 saturated heterocycles. The van der Waals surface area contributed by atoms with E-state index >= 15 is 0 Å². The average Bonchev–Trinajstić information content (AvgIpc) is 1.89. The molecular formula is C5H10O4. The lowest BCUT2D eigenvalue weighted by molar-refractivity contribution is -0.306. The highest BCUT2D eigenvalue weighted by molar-refractivity contribution is 5.68. The predicted molar refractivity (Wildman–Crippen MR) is 29.3 cm³/mol. The molecule has 0 unspecified atom stereocenters. The van der Waals surface area contributed by atoms with Gasteiger partial charge in [-0.15, -0.1) is 0 Å². The second-order valence-electron chi connectivity index (χ2n) is 1.33. The van der Waals surface area contributed by atoms with Gasteiger partial charge in [-0.2, -0.15) is 4.89 Å². The highest BCUT2D eigenvalue weighted by Crippen LogP contribution is 1.84. The molecule has 0 aromatic heterocycles. The van der Waals surface area contributed by atoms with Crippen molar-refractivity contribution in [3.05, 3.63) is 0 Å². The van der Waals surface area contributed by atoms with Crippen LogP contribution in [0.4, 0.5) is 0 Å². The van der Waals surface area contributed by atoms with Crippen LogP contribution < -0.4 is 0 Å². The summed E-state index contributed by atoms with van der Waals surface area (Å²) in [5.74, 6) is -0.396. The summed E-state index contributed by atoms with van der Waals surface area (Å²) in [6.45, 7) is 1.66. The Kier molecular flexibility index (Phi) is 5.15. The molecular weight excluding hydrogens is 124 g/mol. The fourth-order valence-electron chi connectivity index (χ4n) is 0.197. The smallest absolute Gasteiger partial charge is 0.342 e. The predicted octanol–water partition coefficient (Wildman–Crippen LogP) is 0.475. The first-order valence-corrected chi connectivity index (χ1v) is 2.62. The number of carbonyl (C=O) groups excluding carboxylic acids is 1. The minimum Gasteiger partial charge on any atom is -0.355 e. The third-order valence-corrected chi connectivity index (χ3v) is 0.607. The molecule has 4 nitrogen and oxygen atoms in total. The van der Waals surface area contributed by atoms with Crippen LogP contribution in [0.25, 0.3) is 0 Å². The molecule has 9 heavy (non-hydrogen) atoms. The molecule has 0 N–H and O–H groups in total. The molecule has 0 bridgehead atoms. The summed E-state index contributed by atoms with van der Waals surface area (Å²) in [5.41, 5.74) is 0. The molecule has 0 rings (SSSR count). The van der Waals surface area contributed by atoms with Crippen LogP contribution in [0.1, 0.15) is 13.3 Å². The molecule has 4 heteroatoms. The molecule has 0 saturated carbocycles. The molecule has 54 valence electrons. The summed E-state index contributed by atoms with van der Waals surface area (Å²) < 4.78 is 4.44. The maximum absolute atomic E-state index is 10.3. The zero-order chi connectivity index (χ0) is 7.11. The van der Waals surface area contributed by atoms with Gasteiger partial charge in [0.2, 0.25) is 0 Å². The van der Waals surface area contributed by atoms with Gasteiger partial charge >= 0.3 is 5.97 Å². The van der Waals surface area contributed by atoms with Crippen molar-refractivity contribution in [1.82, 2.24) is 0 Å². The molecule has 0 aliphatic rings. The quantitative estimate of drug-likeness (QED) is 0.243. The zero-order valence-corrected chi connectivity index (χ0v) is 5.55. The zero-order valence-electron chi connectivity index (χ0n) is 5.55.